The van der Waals surface area contributed by atoms with Gasteiger partial charge in [0.15, 0.2) is 10.8 Å². The van der Waals surface area contributed by atoms with Crippen molar-refractivity contribution in [1.29, 1.82) is 0 Å². The van der Waals surface area contributed by atoms with Crippen LogP contribution in [-0.2, 0) is 11.2 Å². The van der Waals surface area contributed by atoms with Crippen LogP contribution in [-0.4, -0.2) is 56.7 Å². The highest BCUT2D eigenvalue weighted by atomic mass is 32.1. The lowest BCUT2D eigenvalue weighted by Crippen LogP contribution is -2.37. The summed E-state index contributed by atoms with van der Waals surface area (Å²) in [6, 6.07) is 6.89. The molecule has 0 saturated carbocycles. The van der Waals surface area contributed by atoms with Gasteiger partial charge in [-0.25, -0.2) is 14.6 Å². The van der Waals surface area contributed by atoms with Crippen LogP contribution >= 0.6 is 11.3 Å². The SMILES string of the molecule is CC(C)n1ncnc1-c1nc2c(s1)CCOc1cc(C3CCN(CC(=O)CC(C)(C)C)CC3)ccc1-2. The van der Waals surface area contributed by atoms with Gasteiger partial charge in [-0.3, -0.25) is 9.69 Å². The van der Waals surface area contributed by atoms with Crippen LogP contribution in [0, 0.1) is 5.41 Å². The van der Waals surface area contributed by atoms with Crippen molar-refractivity contribution in [3.8, 4) is 27.8 Å². The summed E-state index contributed by atoms with van der Waals surface area (Å²) in [5.41, 5.74) is 3.46. The van der Waals surface area contributed by atoms with Gasteiger partial charge in [0.1, 0.15) is 17.9 Å². The highest BCUT2D eigenvalue weighted by Crippen LogP contribution is 2.42. The Bertz CT molecular complexity index is 1230. The third kappa shape index (κ3) is 5.39. The highest BCUT2D eigenvalue weighted by molar-refractivity contribution is 7.15. The molecule has 5 rings (SSSR count). The van der Waals surface area contributed by atoms with E-state index in [1.54, 1.807) is 17.7 Å². The van der Waals surface area contributed by atoms with Crippen molar-refractivity contribution < 1.29 is 9.53 Å². The molecular weight excluding hydrogens is 470 g/mol. The van der Waals surface area contributed by atoms with E-state index in [2.05, 4.69) is 67.8 Å². The number of aromatic nitrogens is 4. The molecule has 0 amide bonds. The summed E-state index contributed by atoms with van der Waals surface area (Å²) in [5.74, 6) is 2.60. The summed E-state index contributed by atoms with van der Waals surface area (Å²) in [6.45, 7) is 13.8. The maximum atomic E-state index is 12.4. The van der Waals surface area contributed by atoms with Crippen LogP contribution in [0.5, 0.6) is 5.75 Å². The normalized spacial score (nSPS) is 16.9. The zero-order valence-corrected chi connectivity index (χ0v) is 22.9. The fourth-order valence-electron chi connectivity index (χ4n) is 5.29. The first kappa shape index (κ1) is 25.1. The number of nitrogens with zero attached hydrogens (tertiary/aromatic N) is 5. The van der Waals surface area contributed by atoms with Gasteiger partial charge in [-0.1, -0.05) is 26.8 Å². The zero-order valence-electron chi connectivity index (χ0n) is 22.1. The lowest BCUT2D eigenvalue weighted by Gasteiger charge is -2.32. The second kappa shape index (κ2) is 10.1. The molecular formula is C28H37N5O2S. The Balaban J connectivity index is 1.31. The summed E-state index contributed by atoms with van der Waals surface area (Å²) < 4.78 is 8.14. The number of benzene rings is 1. The Morgan fingerprint density at radius 2 is 2.00 bits per heavy atom. The van der Waals surface area contributed by atoms with E-state index < -0.39 is 0 Å². The van der Waals surface area contributed by atoms with Gasteiger partial charge < -0.3 is 4.74 Å². The fraction of sp³-hybridized carbons (Fsp3) is 0.571. The van der Waals surface area contributed by atoms with Gasteiger partial charge in [0, 0.05) is 29.3 Å². The predicted octanol–water partition coefficient (Wildman–Crippen LogP) is 5.77. The van der Waals surface area contributed by atoms with Gasteiger partial charge in [0.25, 0.3) is 0 Å². The Morgan fingerprint density at radius 3 is 2.72 bits per heavy atom. The molecule has 0 bridgehead atoms. The third-order valence-corrected chi connectivity index (χ3v) is 8.10. The van der Waals surface area contributed by atoms with Gasteiger partial charge in [0.2, 0.25) is 0 Å². The second-order valence-corrected chi connectivity index (χ2v) is 12.7. The minimum absolute atomic E-state index is 0.0569. The Kier molecular flexibility index (Phi) is 7.01. The molecule has 2 aromatic heterocycles. The number of Topliss-reactive ketones (excluding diaryl/α,β-unsaturated/α-hetero) is 1. The number of carbonyl (C=O) groups excluding carboxylic acids is 1. The standard InChI is InChI=1S/C28H37N5O2S/c1-18(2)33-26(29-17-30-33)27-31-25-22-7-6-20(14-23(22)35-13-10-24(25)36-27)19-8-11-32(12-9-19)16-21(34)15-28(3,4)5/h6-7,14,17-19H,8-13,15-16H2,1-5H3. The van der Waals surface area contributed by atoms with Crippen molar-refractivity contribution in [3.63, 3.8) is 0 Å². The fourth-order valence-corrected chi connectivity index (χ4v) is 6.34. The minimum Gasteiger partial charge on any atom is -0.492 e. The van der Waals surface area contributed by atoms with Crippen LogP contribution in [0.4, 0.5) is 0 Å². The number of likely N-dealkylation sites (tertiary alicyclic amines) is 1. The summed E-state index contributed by atoms with van der Waals surface area (Å²) in [4.78, 5) is 25.5. The zero-order chi connectivity index (χ0) is 25.4. The smallest absolute Gasteiger partial charge is 0.187 e. The van der Waals surface area contributed by atoms with Crippen LogP contribution in [0.15, 0.2) is 24.5 Å². The van der Waals surface area contributed by atoms with Crippen molar-refractivity contribution in [2.45, 2.75) is 72.3 Å². The van der Waals surface area contributed by atoms with Crippen molar-refractivity contribution in [2.75, 3.05) is 26.2 Å². The Labute approximate surface area is 217 Å². The number of rotatable bonds is 6. The Morgan fingerprint density at radius 1 is 1.22 bits per heavy atom. The number of piperidine rings is 1. The van der Waals surface area contributed by atoms with E-state index in [0.717, 1.165) is 60.2 Å². The molecule has 7 nitrogen and oxygen atoms in total. The molecule has 0 unspecified atom stereocenters. The quantitative estimate of drug-likeness (QED) is 0.422. The van der Waals surface area contributed by atoms with Crippen molar-refractivity contribution in [3.05, 3.63) is 35.0 Å². The predicted molar refractivity (Wildman–Crippen MR) is 144 cm³/mol. The number of ether oxygens (including phenoxy) is 1. The summed E-state index contributed by atoms with van der Waals surface area (Å²) in [7, 11) is 0. The highest BCUT2D eigenvalue weighted by Gasteiger charge is 2.27. The number of carbonyl (C=O) groups is 1. The monoisotopic (exact) mass is 507 g/mol. The largest absolute Gasteiger partial charge is 0.492 e. The summed E-state index contributed by atoms with van der Waals surface area (Å²) in [6.07, 6.45) is 5.23. The average molecular weight is 508 g/mol. The van der Waals surface area contributed by atoms with E-state index in [-0.39, 0.29) is 11.5 Å². The van der Waals surface area contributed by atoms with E-state index in [4.69, 9.17) is 9.72 Å². The molecule has 0 aliphatic carbocycles. The van der Waals surface area contributed by atoms with E-state index in [1.165, 1.54) is 10.4 Å². The topological polar surface area (TPSA) is 73.1 Å². The first-order valence-corrected chi connectivity index (χ1v) is 13.9. The maximum absolute atomic E-state index is 12.4. The van der Waals surface area contributed by atoms with Crippen LogP contribution in [0.3, 0.4) is 0 Å². The molecule has 8 heteroatoms. The van der Waals surface area contributed by atoms with E-state index >= 15 is 0 Å². The minimum atomic E-state index is 0.0569. The Hall–Kier alpha value is -2.58. The molecule has 1 fully saturated rings. The summed E-state index contributed by atoms with van der Waals surface area (Å²) >= 11 is 1.69. The number of fused-ring (bicyclic) bond motifs is 3. The van der Waals surface area contributed by atoms with Crippen LogP contribution in [0.2, 0.25) is 0 Å². The molecule has 2 aliphatic heterocycles. The number of ketones is 1. The van der Waals surface area contributed by atoms with Gasteiger partial charge in [-0.2, -0.15) is 5.10 Å². The second-order valence-electron chi connectivity index (χ2n) is 11.6. The lowest BCUT2D eigenvalue weighted by molar-refractivity contribution is -0.122. The first-order chi connectivity index (χ1) is 17.2. The maximum Gasteiger partial charge on any atom is 0.187 e. The van der Waals surface area contributed by atoms with Crippen molar-refractivity contribution in [1.82, 2.24) is 24.6 Å². The van der Waals surface area contributed by atoms with E-state index in [1.807, 2.05) is 4.68 Å². The molecule has 0 radical (unpaired) electrons. The molecule has 0 atom stereocenters. The molecule has 1 saturated heterocycles. The number of hydrogen-bond acceptors (Lipinski definition) is 7. The molecule has 1 aromatic carbocycles. The number of hydrogen-bond donors (Lipinski definition) is 0. The molecule has 0 spiro atoms. The van der Waals surface area contributed by atoms with Crippen LogP contribution in [0.1, 0.15) is 76.3 Å². The molecule has 3 aromatic rings. The third-order valence-electron chi connectivity index (χ3n) is 6.98. The number of thiazole rings is 1. The van der Waals surface area contributed by atoms with Crippen LogP contribution < -0.4 is 4.74 Å². The van der Waals surface area contributed by atoms with Gasteiger partial charge >= 0.3 is 0 Å². The molecule has 4 heterocycles. The molecule has 36 heavy (non-hydrogen) atoms. The lowest BCUT2D eigenvalue weighted by atomic mass is 9.87. The van der Waals surface area contributed by atoms with E-state index in [9.17, 15) is 4.79 Å². The van der Waals surface area contributed by atoms with E-state index in [0.29, 0.717) is 31.3 Å². The first-order valence-electron chi connectivity index (χ1n) is 13.1. The van der Waals surface area contributed by atoms with Gasteiger partial charge in [-0.15, -0.1) is 11.3 Å². The molecule has 2 aliphatic rings. The van der Waals surface area contributed by atoms with Gasteiger partial charge in [0.05, 0.1) is 18.8 Å². The van der Waals surface area contributed by atoms with Gasteiger partial charge in [-0.05, 0) is 68.8 Å². The van der Waals surface area contributed by atoms with Crippen molar-refractivity contribution >= 4 is 17.1 Å². The molecule has 192 valence electrons. The van der Waals surface area contributed by atoms with Crippen LogP contribution in [0.25, 0.3) is 22.1 Å². The average Bonchev–Trinajstić information content (AvgIpc) is 3.42. The van der Waals surface area contributed by atoms with Crippen molar-refractivity contribution in [2.24, 2.45) is 5.41 Å². The summed E-state index contributed by atoms with van der Waals surface area (Å²) in [5, 5.41) is 5.30. The molecule has 0 N–H and O–H groups in total.